The Balaban J connectivity index is 4.11. The van der Waals surface area contributed by atoms with Crippen molar-refractivity contribution in [3.05, 3.63) is 36.0 Å². The van der Waals surface area contributed by atoms with Crippen LogP contribution in [0.1, 0.15) is 34.1 Å². The first kappa shape index (κ1) is 11.2. The molecule has 0 nitrogen and oxygen atoms in total. The van der Waals surface area contributed by atoms with Crippen LogP contribution in [0.5, 0.6) is 0 Å². The van der Waals surface area contributed by atoms with Gasteiger partial charge >= 0.3 is 0 Å². The van der Waals surface area contributed by atoms with Gasteiger partial charge in [-0.15, -0.1) is 0 Å². The Morgan fingerprint density at radius 2 is 2.08 bits per heavy atom. The topological polar surface area (TPSA) is 0 Å². The van der Waals surface area contributed by atoms with Crippen LogP contribution in [-0.4, -0.2) is 0 Å². The van der Waals surface area contributed by atoms with Gasteiger partial charge in [0.05, 0.1) is 0 Å². The molecule has 0 aromatic carbocycles. The van der Waals surface area contributed by atoms with Gasteiger partial charge in [-0.05, 0) is 31.4 Å². The molecule has 12 heavy (non-hydrogen) atoms. The Morgan fingerprint density at radius 1 is 1.42 bits per heavy atom. The lowest BCUT2D eigenvalue weighted by Crippen LogP contribution is -1.84. The minimum absolute atomic E-state index is 0.665. The first-order valence-corrected chi connectivity index (χ1v) is 4.60. The van der Waals surface area contributed by atoms with Crippen LogP contribution in [0.15, 0.2) is 29.9 Å². The van der Waals surface area contributed by atoms with E-state index in [9.17, 15) is 0 Å². The highest BCUT2D eigenvalue weighted by Crippen LogP contribution is 2.06. The average molecular weight is 163 g/mol. The third-order valence-corrected chi connectivity index (χ3v) is 1.88. The molecule has 0 heteroatoms. The van der Waals surface area contributed by atoms with E-state index in [1.807, 2.05) is 19.9 Å². The zero-order valence-electron chi connectivity index (χ0n) is 8.59. The second-order valence-electron chi connectivity index (χ2n) is 2.95. The van der Waals surface area contributed by atoms with E-state index >= 15 is 0 Å². The minimum atomic E-state index is 0.665. The van der Waals surface area contributed by atoms with Crippen LogP contribution in [0.4, 0.5) is 0 Å². The lowest BCUT2D eigenvalue weighted by atomic mass is 10.1. The summed E-state index contributed by atoms with van der Waals surface area (Å²) in [6.45, 7) is 8.38. The van der Waals surface area contributed by atoms with Gasteiger partial charge in [-0.1, -0.05) is 44.6 Å². The molecule has 0 aromatic heterocycles. The van der Waals surface area contributed by atoms with E-state index in [1.54, 1.807) is 0 Å². The molecule has 0 N–H and O–H groups in total. The molecule has 67 valence electrons. The molecule has 1 radical (unpaired) electrons. The molecule has 0 aliphatic carbocycles. The maximum Gasteiger partial charge on any atom is -0.0231 e. The molecule has 0 amide bonds. The molecular weight excluding hydrogens is 144 g/mol. The van der Waals surface area contributed by atoms with Crippen molar-refractivity contribution in [2.24, 2.45) is 5.92 Å². The van der Waals surface area contributed by atoms with Crippen molar-refractivity contribution in [1.82, 2.24) is 0 Å². The van der Waals surface area contributed by atoms with Gasteiger partial charge in [-0.2, -0.15) is 0 Å². The van der Waals surface area contributed by atoms with Crippen LogP contribution < -0.4 is 0 Å². The van der Waals surface area contributed by atoms with Gasteiger partial charge in [0.2, 0.25) is 0 Å². The Labute approximate surface area is 76.7 Å². The van der Waals surface area contributed by atoms with Gasteiger partial charge in [0.25, 0.3) is 0 Å². The zero-order valence-corrected chi connectivity index (χ0v) is 8.59. The van der Waals surface area contributed by atoms with Crippen LogP contribution in [0.2, 0.25) is 0 Å². The highest BCUT2D eigenvalue weighted by molar-refractivity contribution is 5.27. The van der Waals surface area contributed by atoms with Crippen LogP contribution in [-0.2, 0) is 0 Å². The summed E-state index contributed by atoms with van der Waals surface area (Å²) in [5.74, 6) is 0.665. The molecule has 0 aliphatic rings. The van der Waals surface area contributed by atoms with E-state index in [-0.39, 0.29) is 0 Å². The van der Waals surface area contributed by atoms with Gasteiger partial charge in [-0.3, -0.25) is 0 Å². The average Bonchev–Trinajstić information content (AvgIpc) is 2.11. The fraction of sp³-hybridized carbons (Fsp3) is 0.500. The van der Waals surface area contributed by atoms with Crippen molar-refractivity contribution in [1.29, 1.82) is 0 Å². The van der Waals surface area contributed by atoms with Gasteiger partial charge in [0, 0.05) is 0 Å². The molecule has 0 saturated heterocycles. The fourth-order valence-corrected chi connectivity index (χ4v) is 0.806. The van der Waals surface area contributed by atoms with Gasteiger partial charge in [0.15, 0.2) is 0 Å². The van der Waals surface area contributed by atoms with Crippen molar-refractivity contribution in [3.63, 3.8) is 0 Å². The zero-order chi connectivity index (χ0) is 9.40. The molecule has 0 spiro atoms. The van der Waals surface area contributed by atoms with Crippen molar-refractivity contribution in [2.45, 2.75) is 34.1 Å². The lowest BCUT2D eigenvalue weighted by Gasteiger charge is -1.99. The van der Waals surface area contributed by atoms with E-state index in [1.165, 1.54) is 6.42 Å². The van der Waals surface area contributed by atoms with Crippen LogP contribution >= 0.6 is 0 Å². The SMILES string of the molecule is C/[C]=C(\C=CC)C=CC(C)CC. The second kappa shape index (κ2) is 6.90. The van der Waals surface area contributed by atoms with E-state index in [0.717, 1.165) is 5.57 Å². The molecule has 1 unspecified atom stereocenters. The number of hydrogen-bond donors (Lipinski definition) is 0. The normalized spacial score (nSPS) is 16.2. The smallest absolute Gasteiger partial charge is 0.0231 e. The van der Waals surface area contributed by atoms with Gasteiger partial charge in [0.1, 0.15) is 0 Å². The molecule has 1 atom stereocenters. The molecule has 0 bridgehead atoms. The summed E-state index contributed by atoms with van der Waals surface area (Å²) in [6.07, 6.45) is 12.8. The van der Waals surface area contributed by atoms with E-state index < -0.39 is 0 Å². The third-order valence-electron chi connectivity index (χ3n) is 1.88. The lowest BCUT2D eigenvalue weighted by molar-refractivity contribution is 0.698. The first-order valence-electron chi connectivity index (χ1n) is 4.60. The van der Waals surface area contributed by atoms with Gasteiger partial charge in [-0.25, -0.2) is 0 Å². The second-order valence-corrected chi connectivity index (χ2v) is 2.95. The van der Waals surface area contributed by atoms with Crippen LogP contribution in [0, 0.1) is 12.0 Å². The number of allylic oxidation sites excluding steroid dienone is 6. The molecule has 0 saturated carbocycles. The summed E-state index contributed by atoms with van der Waals surface area (Å²) in [5.41, 5.74) is 1.16. The Hall–Kier alpha value is -0.780. The molecule has 0 aromatic rings. The third kappa shape index (κ3) is 4.95. The summed E-state index contributed by atoms with van der Waals surface area (Å²) in [5, 5.41) is 0. The quantitative estimate of drug-likeness (QED) is 0.551. The standard InChI is InChI=1S/C12H19/c1-5-8-12(7-3)10-9-11(4)6-2/h5,8-11H,6H2,1-4H3. The molecule has 0 heterocycles. The molecule has 0 fully saturated rings. The summed E-state index contributed by atoms with van der Waals surface area (Å²) >= 11 is 0. The monoisotopic (exact) mass is 163 g/mol. The van der Waals surface area contributed by atoms with E-state index in [4.69, 9.17) is 0 Å². The number of hydrogen-bond acceptors (Lipinski definition) is 0. The molecular formula is C12H19. The largest absolute Gasteiger partial charge is 0.0871 e. The molecule has 0 rings (SSSR count). The highest BCUT2D eigenvalue weighted by Gasteiger charge is 1.90. The van der Waals surface area contributed by atoms with Crippen molar-refractivity contribution in [2.75, 3.05) is 0 Å². The summed E-state index contributed by atoms with van der Waals surface area (Å²) in [7, 11) is 0. The molecule has 0 aliphatic heterocycles. The maximum absolute atomic E-state index is 3.13. The van der Waals surface area contributed by atoms with Gasteiger partial charge < -0.3 is 0 Å². The highest BCUT2D eigenvalue weighted by atomic mass is 14.0. The van der Waals surface area contributed by atoms with Crippen molar-refractivity contribution >= 4 is 0 Å². The van der Waals surface area contributed by atoms with E-state index in [2.05, 4.69) is 38.2 Å². The van der Waals surface area contributed by atoms with Crippen molar-refractivity contribution in [3.8, 4) is 0 Å². The predicted molar refractivity (Wildman–Crippen MR) is 55.8 cm³/mol. The fourth-order valence-electron chi connectivity index (χ4n) is 0.806. The van der Waals surface area contributed by atoms with Crippen LogP contribution in [0.25, 0.3) is 0 Å². The summed E-state index contributed by atoms with van der Waals surface area (Å²) in [4.78, 5) is 0. The van der Waals surface area contributed by atoms with Crippen molar-refractivity contribution < 1.29 is 0 Å². The predicted octanol–water partition coefficient (Wildman–Crippen LogP) is 3.91. The van der Waals surface area contributed by atoms with Crippen LogP contribution in [0.3, 0.4) is 0 Å². The maximum atomic E-state index is 3.13. The Morgan fingerprint density at radius 3 is 2.50 bits per heavy atom. The van der Waals surface area contributed by atoms with E-state index in [0.29, 0.717) is 5.92 Å². The Kier molecular flexibility index (Phi) is 6.45. The number of rotatable bonds is 4. The summed E-state index contributed by atoms with van der Waals surface area (Å²) in [6, 6.07) is 0. The summed E-state index contributed by atoms with van der Waals surface area (Å²) < 4.78 is 0. The first-order chi connectivity index (χ1) is 5.74. The Bertz CT molecular complexity index is 182. The minimum Gasteiger partial charge on any atom is -0.0871 e.